The van der Waals surface area contributed by atoms with Crippen molar-refractivity contribution in [3.8, 4) is 0 Å². The van der Waals surface area contributed by atoms with Gasteiger partial charge in [-0.3, -0.25) is 4.79 Å². The van der Waals surface area contributed by atoms with E-state index in [0.29, 0.717) is 6.04 Å². The summed E-state index contributed by atoms with van der Waals surface area (Å²) in [5.74, 6) is 0.864. The van der Waals surface area contributed by atoms with E-state index in [9.17, 15) is 4.79 Å². The second kappa shape index (κ2) is 2.66. The quantitative estimate of drug-likeness (QED) is 0.798. The van der Waals surface area contributed by atoms with Crippen LogP contribution in [0.2, 0.25) is 0 Å². The van der Waals surface area contributed by atoms with Crippen LogP contribution < -0.4 is 0 Å². The molecule has 0 radical (unpaired) electrons. The Hall–Kier alpha value is -1.51. The van der Waals surface area contributed by atoms with E-state index in [1.54, 1.807) is 0 Å². The second-order valence-electron chi connectivity index (χ2n) is 5.78. The molecule has 1 spiro atoms. The van der Waals surface area contributed by atoms with Gasteiger partial charge in [0.25, 0.3) is 0 Å². The molecule has 1 aliphatic heterocycles. The Balaban J connectivity index is 1.91. The largest absolute Gasteiger partial charge is 0.371 e. The lowest BCUT2D eigenvalue weighted by atomic mass is 9.85. The summed E-state index contributed by atoms with van der Waals surface area (Å²) in [4.78, 5) is 17.6. The van der Waals surface area contributed by atoms with Gasteiger partial charge in [0.1, 0.15) is 0 Å². The van der Waals surface area contributed by atoms with E-state index in [2.05, 4.69) is 29.8 Å². The van der Waals surface area contributed by atoms with Crippen molar-refractivity contribution in [2.45, 2.75) is 31.7 Å². The van der Waals surface area contributed by atoms with Gasteiger partial charge in [0.2, 0.25) is 5.78 Å². The highest BCUT2D eigenvalue weighted by molar-refractivity contribution is 6.07. The minimum absolute atomic E-state index is 0.142. The summed E-state index contributed by atoms with van der Waals surface area (Å²) in [5.41, 5.74) is 3.53. The zero-order valence-corrected chi connectivity index (χ0v) is 10.2. The van der Waals surface area contributed by atoms with Crippen LogP contribution in [0.4, 0.5) is 0 Å². The monoisotopic (exact) mass is 228 g/mol. The Morgan fingerprint density at radius 1 is 1.53 bits per heavy atom. The average molecular weight is 228 g/mol. The zero-order valence-electron chi connectivity index (χ0n) is 10.2. The topological polar surface area (TPSA) is 36.1 Å². The molecule has 2 atom stereocenters. The first kappa shape index (κ1) is 9.51. The summed E-state index contributed by atoms with van der Waals surface area (Å²) in [6.45, 7) is 5.52. The lowest BCUT2D eigenvalue weighted by Gasteiger charge is -2.32. The van der Waals surface area contributed by atoms with E-state index in [-0.39, 0.29) is 11.2 Å². The van der Waals surface area contributed by atoms with Crippen molar-refractivity contribution >= 4 is 5.78 Å². The minimum Gasteiger partial charge on any atom is -0.371 e. The maximum atomic E-state index is 12.1. The molecular weight excluding hydrogens is 212 g/mol. The van der Waals surface area contributed by atoms with Gasteiger partial charge >= 0.3 is 0 Å². The molecule has 1 saturated carbocycles. The van der Waals surface area contributed by atoms with Gasteiger partial charge < -0.3 is 9.88 Å². The molecule has 3 heteroatoms. The van der Waals surface area contributed by atoms with Gasteiger partial charge in [0.05, 0.1) is 5.69 Å². The van der Waals surface area contributed by atoms with Crippen LogP contribution in [0.1, 0.15) is 36.3 Å². The molecule has 2 unspecified atom stereocenters. The van der Waals surface area contributed by atoms with Crippen molar-refractivity contribution in [2.24, 2.45) is 5.92 Å². The maximum absolute atomic E-state index is 12.1. The fourth-order valence-electron chi connectivity index (χ4n) is 3.77. The molecule has 1 aromatic rings. The summed E-state index contributed by atoms with van der Waals surface area (Å²) in [5, 5.41) is 0. The summed E-state index contributed by atoms with van der Waals surface area (Å²) in [7, 11) is 0. The van der Waals surface area contributed by atoms with Crippen molar-refractivity contribution in [3.63, 3.8) is 0 Å². The number of rotatable bonds is 1. The number of nitrogens with one attached hydrogen (secondary N) is 1. The molecule has 2 fully saturated rings. The highest BCUT2D eigenvalue weighted by atomic mass is 16.1. The van der Waals surface area contributed by atoms with Crippen molar-refractivity contribution in [2.75, 3.05) is 6.54 Å². The molecule has 3 aliphatic rings. The highest BCUT2D eigenvalue weighted by Gasteiger charge is 2.66. The van der Waals surface area contributed by atoms with Crippen molar-refractivity contribution in [1.82, 2.24) is 9.88 Å². The lowest BCUT2D eigenvalue weighted by Crippen LogP contribution is -2.33. The number of aromatic amines is 1. The Labute approximate surface area is 101 Å². The molecule has 2 aliphatic carbocycles. The van der Waals surface area contributed by atoms with E-state index in [1.165, 1.54) is 17.7 Å². The number of aromatic nitrogens is 1. The Kier molecular flexibility index (Phi) is 1.49. The molecule has 2 heterocycles. The molecule has 0 bridgehead atoms. The van der Waals surface area contributed by atoms with Gasteiger partial charge in [0.15, 0.2) is 0 Å². The maximum Gasteiger partial charge on any atom is 0.204 e. The normalized spacial score (nSPS) is 33.4. The van der Waals surface area contributed by atoms with Crippen molar-refractivity contribution in [3.05, 3.63) is 35.3 Å². The van der Waals surface area contributed by atoms with Gasteiger partial charge in [-0.25, -0.2) is 0 Å². The average Bonchev–Trinajstić information content (AvgIpc) is 2.71. The van der Waals surface area contributed by atoms with Crippen molar-refractivity contribution in [1.29, 1.82) is 0 Å². The van der Waals surface area contributed by atoms with E-state index in [4.69, 9.17) is 0 Å². The fraction of sp³-hybridized carbons (Fsp3) is 0.500. The molecule has 3 nitrogen and oxygen atoms in total. The standard InChI is InChI=1S/C14H16N2O/c1-8(2)16-7-9-6-14(9)10-3-4-15-13(10)11(17)5-12(14)16/h3-5,8-9,15H,6-7H2,1-2H3. The molecule has 0 aromatic carbocycles. The Morgan fingerprint density at radius 3 is 3.12 bits per heavy atom. The highest BCUT2D eigenvalue weighted by Crippen LogP contribution is 2.66. The van der Waals surface area contributed by atoms with Crippen LogP contribution in [0.25, 0.3) is 0 Å². The molecular formula is C14H16N2O. The number of likely N-dealkylation sites (tertiary alicyclic amines) is 1. The number of carbonyl (C=O) groups excluding carboxylic acids is 1. The zero-order chi connectivity index (χ0) is 11.8. The fourth-order valence-corrected chi connectivity index (χ4v) is 3.77. The van der Waals surface area contributed by atoms with E-state index in [1.807, 2.05) is 12.3 Å². The van der Waals surface area contributed by atoms with Gasteiger partial charge in [-0.2, -0.15) is 0 Å². The smallest absolute Gasteiger partial charge is 0.204 e. The van der Waals surface area contributed by atoms with Gasteiger partial charge in [-0.1, -0.05) is 0 Å². The third-order valence-corrected chi connectivity index (χ3v) is 4.65. The SMILES string of the molecule is CC(C)N1CC2CC23C1=CC(=O)c1[nH]ccc13. The number of ketones is 1. The number of H-pyrrole nitrogens is 1. The van der Waals surface area contributed by atoms with Crippen LogP contribution in [-0.2, 0) is 5.41 Å². The van der Waals surface area contributed by atoms with Gasteiger partial charge in [-0.15, -0.1) is 0 Å². The van der Waals surface area contributed by atoms with Crippen LogP contribution in [0.15, 0.2) is 24.0 Å². The summed E-state index contributed by atoms with van der Waals surface area (Å²) >= 11 is 0. The number of hydrogen-bond donors (Lipinski definition) is 1. The summed E-state index contributed by atoms with van der Waals surface area (Å²) in [6, 6.07) is 2.59. The van der Waals surface area contributed by atoms with Crippen LogP contribution in [0, 0.1) is 5.92 Å². The number of nitrogens with zero attached hydrogens (tertiary/aromatic N) is 1. The Bertz CT molecular complexity index is 554. The van der Waals surface area contributed by atoms with Gasteiger partial charge in [-0.05, 0) is 37.8 Å². The summed E-state index contributed by atoms with van der Waals surface area (Å²) in [6.07, 6.45) is 4.99. The van der Waals surface area contributed by atoms with Crippen LogP contribution in [-0.4, -0.2) is 28.3 Å². The molecule has 88 valence electrons. The van der Waals surface area contributed by atoms with Gasteiger partial charge in [0, 0.05) is 36.0 Å². The molecule has 1 saturated heterocycles. The number of fused-ring (bicyclic) bond motifs is 1. The molecule has 0 amide bonds. The molecule has 1 aromatic heterocycles. The number of allylic oxidation sites excluding steroid dienone is 2. The predicted molar refractivity (Wildman–Crippen MR) is 64.8 cm³/mol. The lowest BCUT2D eigenvalue weighted by molar-refractivity contribution is 0.103. The van der Waals surface area contributed by atoms with Crippen LogP contribution in [0.3, 0.4) is 0 Å². The predicted octanol–water partition coefficient (Wildman–Crippen LogP) is 2.08. The Morgan fingerprint density at radius 2 is 2.35 bits per heavy atom. The minimum atomic E-state index is 0.142. The molecule has 17 heavy (non-hydrogen) atoms. The first-order chi connectivity index (χ1) is 8.14. The van der Waals surface area contributed by atoms with E-state index >= 15 is 0 Å². The first-order valence-electron chi connectivity index (χ1n) is 6.35. The molecule has 4 rings (SSSR count). The molecule has 1 N–H and O–H groups in total. The summed E-state index contributed by atoms with van der Waals surface area (Å²) < 4.78 is 0. The number of carbonyl (C=O) groups is 1. The van der Waals surface area contributed by atoms with E-state index in [0.717, 1.165) is 18.2 Å². The van der Waals surface area contributed by atoms with Crippen molar-refractivity contribution < 1.29 is 4.79 Å². The second-order valence-corrected chi connectivity index (χ2v) is 5.78. The van der Waals surface area contributed by atoms with E-state index < -0.39 is 0 Å². The third-order valence-electron chi connectivity index (χ3n) is 4.65. The van der Waals surface area contributed by atoms with Crippen LogP contribution >= 0.6 is 0 Å². The number of hydrogen-bond acceptors (Lipinski definition) is 2. The third kappa shape index (κ3) is 0.923. The van der Waals surface area contributed by atoms with Crippen LogP contribution in [0.5, 0.6) is 0 Å². The first-order valence-corrected chi connectivity index (χ1v) is 6.35. The number of piperidine rings is 1.